The van der Waals surface area contributed by atoms with Crippen LogP contribution in [-0.4, -0.2) is 47.1 Å². The van der Waals surface area contributed by atoms with Gasteiger partial charge in [-0.3, -0.25) is 0 Å². The quantitative estimate of drug-likeness (QED) is 0.285. The molecule has 0 saturated carbocycles. The number of ether oxygens (including phenoxy) is 1. The third-order valence-corrected chi connectivity index (χ3v) is 6.58. The van der Waals surface area contributed by atoms with E-state index in [2.05, 4.69) is 39.4 Å². The molecular formula is C25H25ClN4O2S. The zero-order valence-electron chi connectivity index (χ0n) is 18.5. The fourth-order valence-electron chi connectivity index (χ4n) is 3.53. The highest BCUT2D eigenvalue weighted by Crippen LogP contribution is 2.37. The van der Waals surface area contributed by atoms with Gasteiger partial charge in [0, 0.05) is 28.2 Å². The second-order valence-corrected chi connectivity index (χ2v) is 8.72. The number of anilines is 2. The molecule has 0 bridgehead atoms. The molecule has 0 unspecified atom stereocenters. The third-order valence-electron chi connectivity index (χ3n) is 5.44. The monoisotopic (exact) mass is 480 g/mol. The van der Waals surface area contributed by atoms with Crippen LogP contribution in [0, 0.1) is 0 Å². The highest BCUT2D eigenvalue weighted by molar-refractivity contribution is 7.17. The SMILES string of the molecule is CCN(CC)CCOC(=O)c1ccc(Nc2ncnc3scc(-c4ccc(Cl)cc4)c23)cc1. The van der Waals surface area contributed by atoms with Crippen LogP contribution in [-0.2, 0) is 4.74 Å². The van der Waals surface area contributed by atoms with E-state index < -0.39 is 0 Å². The van der Waals surface area contributed by atoms with E-state index in [9.17, 15) is 4.79 Å². The topological polar surface area (TPSA) is 67.3 Å². The maximum absolute atomic E-state index is 12.3. The Morgan fingerprint density at radius 1 is 1.06 bits per heavy atom. The fraction of sp³-hybridized carbons (Fsp3) is 0.240. The number of rotatable bonds is 9. The molecule has 0 aliphatic rings. The van der Waals surface area contributed by atoms with Crippen molar-refractivity contribution in [3.05, 3.63) is 70.8 Å². The molecule has 2 aromatic carbocycles. The Bertz CT molecular complexity index is 1220. The van der Waals surface area contributed by atoms with Gasteiger partial charge in [-0.15, -0.1) is 11.3 Å². The van der Waals surface area contributed by atoms with Crippen LogP contribution in [0.4, 0.5) is 11.5 Å². The molecule has 6 nitrogen and oxygen atoms in total. The Morgan fingerprint density at radius 3 is 2.48 bits per heavy atom. The lowest BCUT2D eigenvalue weighted by Crippen LogP contribution is -2.27. The molecule has 0 spiro atoms. The number of carbonyl (C=O) groups excluding carboxylic acids is 1. The molecular weight excluding hydrogens is 456 g/mol. The van der Waals surface area contributed by atoms with Gasteiger partial charge in [-0.1, -0.05) is 37.6 Å². The summed E-state index contributed by atoms with van der Waals surface area (Å²) in [6.45, 7) is 7.18. The summed E-state index contributed by atoms with van der Waals surface area (Å²) >= 11 is 7.62. The van der Waals surface area contributed by atoms with E-state index in [1.165, 1.54) is 0 Å². The molecule has 2 aromatic heterocycles. The first-order valence-corrected chi connectivity index (χ1v) is 12.1. The standard InChI is InChI=1S/C25H25ClN4O2S/c1-3-30(4-2)13-14-32-25(31)18-7-11-20(12-8-18)29-23-22-21(15-33-24(22)28-16-27-23)17-5-9-19(26)10-6-17/h5-12,15-16H,3-4,13-14H2,1-2H3,(H,27,28,29). The summed E-state index contributed by atoms with van der Waals surface area (Å²) in [5, 5.41) is 7.08. The summed E-state index contributed by atoms with van der Waals surface area (Å²) in [5.74, 6) is 0.391. The van der Waals surface area contributed by atoms with Crippen molar-refractivity contribution in [3.8, 4) is 11.1 Å². The van der Waals surface area contributed by atoms with Crippen molar-refractivity contribution in [1.82, 2.24) is 14.9 Å². The van der Waals surface area contributed by atoms with Crippen molar-refractivity contribution in [2.45, 2.75) is 13.8 Å². The number of benzene rings is 2. The molecule has 2 heterocycles. The average Bonchev–Trinajstić information content (AvgIpc) is 3.28. The largest absolute Gasteiger partial charge is 0.461 e. The van der Waals surface area contributed by atoms with E-state index in [1.807, 2.05) is 36.4 Å². The van der Waals surface area contributed by atoms with E-state index in [1.54, 1.807) is 29.8 Å². The van der Waals surface area contributed by atoms with E-state index in [-0.39, 0.29) is 5.97 Å². The lowest BCUT2D eigenvalue weighted by molar-refractivity contribution is 0.0466. The molecule has 4 rings (SSSR count). The first-order valence-electron chi connectivity index (χ1n) is 10.8. The summed E-state index contributed by atoms with van der Waals surface area (Å²) < 4.78 is 5.41. The lowest BCUT2D eigenvalue weighted by Gasteiger charge is -2.17. The van der Waals surface area contributed by atoms with Crippen LogP contribution < -0.4 is 5.32 Å². The van der Waals surface area contributed by atoms with Gasteiger partial charge in [0.15, 0.2) is 0 Å². The second kappa shape index (κ2) is 10.7. The molecule has 0 amide bonds. The fourth-order valence-corrected chi connectivity index (χ4v) is 4.57. The third kappa shape index (κ3) is 5.50. The average molecular weight is 481 g/mol. The zero-order chi connectivity index (χ0) is 23.2. The number of likely N-dealkylation sites (N-methyl/N-ethyl adjacent to an activating group) is 1. The Morgan fingerprint density at radius 2 is 1.79 bits per heavy atom. The van der Waals surface area contributed by atoms with Crippen molar-refractivity contribution < 1.29 is 9.53 Å². The molecule has 0 aliphatic heterocycles. The van der Waals surface area contributed by atoms with Gasteiger partial charge < -0.3 is 15.0 Å². The van der Waals surface area contributed by atoms with E-state index in [4.69, 9.17) is 16.3 Å². The van der Waals surface area contributed by atoms with Gasteiger partial charge >= 0.3 is 5.97 Å². The number of fused-ring (bicyclic) bond motifs is 1. The smallest absolute Gasteiger partial charge is 0.338 e. The first kappa shape index (κ1) is 23.2. The normalized spacial score (nSPS) is 11.2. The number of nitrogens with zero attached hydrogens (tertiary/aromatic N) is 3. The Hall–Kier alpha value is -3.00. The Labute approximate surface area is 202 Å². The Kier molecular flexibility index (Phi) is 7.54. The van der Waals surface area contributed by atoms with Crippen LogP contribution in [0.25, 0.3) is 21.3 Å². The minimum Gasteiger partial charge on any atom is -0.461 e. The number of esters is 1. The number of carbonyl (C=O) groups is 1. The zero-order valence-corrected chi connectivity index (χ0v) is 20.1. The van der Waals surface area contributed by atoms with Crippen LogP contribution >= 0.6 is 22.9 Å². The van der Waals surface area contributed by atoms with Crippen molar-refractivity contribution in [3.63, 3.8) is 0 Å². The first-order chi connectivity index (χ1) is 16.1. The highest BCUT2D eigenvalue weighted by Gasteiger charge is 2.14. The number of thiophene rings is 1. The van der Waals surface area contributed by atoms with Crippen LogP contribution in [0.1, 0.15) is 24.2 Å². The van der Waals surface area contributed by atoms with Crippen molar-refractivity contribution in [1.29, 1.82) is 0 Å². The minimum absolute atomic E-state index is 0.319. The predicted molar refractivity (Wildman–Crippen MR) is 136 cm³/mol. The van der Waals surface area contributed by atoms with Gasteiger partial charge in [-0.2, -0.15) is 0 Å². The minimum atomic E-state index is -0.319. The molecule has 170 valence electrons. The van der Waals surface area contributed by atoms with Crippen LogP contribution in [0.15, 0.2) is 60.2 Å². The highest BCUT2D eigenvalue weighted by atomic mass is 35.5. The molecule has 33 heavy (non-hydrogen) atoms. The van der Waals surface area contributed by atoms with E-state index >= 15 is 0 Å². The Balaban J connectivity index is 1.49. The van der Waals surface area contributed by atoms with Gasteiger partial charge in [0.05, 0.1) is 10.9 Å². The molecule has 0 saturated heterocycles. The summed E-state index contributed by atoms with van der Waals surface area (Å²) in [6.07, 6.45) is 1.55. The molecule has 0 atom stereocenters. The summed E-state index contributed by atoms with van der Waals surface area (Å²) in [4.78, 5) is 24.3. The maximum atomic E-state index is 12.3. The lowest BCUT2D eigenvalue weighted by atomic mass is 10.1. The number of aromatic nitrogens is 2. The van der Waals surface area contributed by atoms with Crippen molar-refractivity contribution >= 4 is 50.6 Å². The van der Waals surface area contributed by atoms with Gasteiger partial charge in [0.1, 0.15) is 23.6 Å². The number of hydrogen-bond donors (Lipinski definition) is 1. The molecule has 8 heteroatoms. The molecule has 0 aliphatic carbocycles. The number of halogens is 1. The van der Waals surface area contributed by atoms with Crippen LogP contribution in [0.2, 0.25) is 5.02 Å². The maximum Gasteiger partial charge on any atom is 0.338 e. The van der Waals surface area contributed by atoms with Crippen LogP contribution in [0.5, 0.6) is 0 Å². The van der Waals surface area contributed by atoms with E-state index in [0.717, 1.165) is 46.7 Å². The van der Waals surface area contributed by atoms with Gasteiger partial charge in [0.2, 0.25) is 0 Å². The molecule has 0 radical (unpaired) electrons. The summed E-state index contributed by atoms with van der Waals surface area (Å²) in [6, 6.07) is 14.9. The van der Waals surface area contributed by atoms with Gasteiger partial charge in [0.25, 0.3) is 0 Å². The molecule has 1 N–H and O–H groups in total. The molecule has 0 fully saturated rings. The van der Waals surface area contributed by atoms with Gasteiger partial charge in [-0.25, -0.2) is 14.8 Å². The van der Waals surface area contributed by atoms with Crippen molar-refractivity contribution in [2.24, 2.45) is 0 Å². The summed E-state index contributed by atoms with van der Waals surface area (Å²) in [7, 11) is 0. The number of hydrogen-bond acceptors (Lipinski definition) is 7. The summed E-state index contributed by atoms with van der Waals surface area (Å²) in [5.41, 5.74) is 3.43. The van der Waals surface area contributed by atoms with Crippen LogP contribution in [0.3, 0.4) is 0 Å². The van der Waals surface area contributed by atoms with E-state index in [0.29, 0.717) is 23.0 Å². The van der Waals surface area contributed by atoms with Gasteiger partial charge in [-0.05, 0) is 55.1 Å². The van der Waals surface area contributed by atoms with Crippen molar-refractivity contribution in [2.75, 3.05) is 31.6 Å². The number of nitrogens with one attached hydrogen (secondary N) is 1. The second-order valence-electron chi connectivity index (χ2n) is 7.42. The molecule has 4 aromatic rings. The predicted octanol–water partition coefficient (Wildman–Crippen LogP) is 6.25.